The Kier molecular flexibility index (Phi) is 3.91. The molecular formula is C13H7BrF3NO3. The molecule has 8 heteroatoms. The predicted molar refractivity (Wildman–Crippen MR) is 71.7 cm³/mol. The van der Waals surface area contributed by atoms with Gasteiger partial charge in [0, 0.05) is 16.4 Å². The minimum Gasteiger partial charge on any atom is -0.477 e. The van der Waals surface area contributed by atoms with Crippen LogP contribution in [-0.4, -0.2) is 15.6 Å². The van der Waals surface area contributed by atoms with Crippen LogP contribution in [0.4, 0.5) is 13.2 Å². The summed E-state index contributed by atoms with van der Waals surface area (Å²) >= 11 is 3.06. The Hall–Kier alpha value is -2.09. The fourth-order valence-corrected chi connectivity index (χ4v) is 2.14. The maximum Gasteiger partial charge on any atom is 0.416 e. The first-order valence-corrected chi connectivity index (χ1v) is 6.32. The van der Waals surface area contributed by atoms with Gasteiger partial charge in [-0.25, -0.2) is 4.79 Å². The zero-order valence-electron chi connectivity index (χ0n) is 10.2. The highest BCUT2D eigenvalue weighted by atomic mass is 79.9. The number of benzene rings is 1. The van der Waals surface area contributed by atoms with Crippen molar-refractivity contribution in [2.45, 2.75) is 6.18 Å². The quantitative estimate of drug-likeness (QED) is 0.892. The van der Waals surface area contributed by atoms with E-state index in [0.29, 0.717) is 4.47 Å². The van der Waals surface area contributed by atoms with Crippen molar-refractivity contribution in [3.63, 3.8) is 0 Å². The third-order valence-corrected chi connectivity index (χ3v) is 3.12. The lowest BCUT2D eigenvalue weighted by molar-refractivity contribution is -0.137. The zero-order valence-corrected chi connectivity index (χ0v) is 11.8. The van der Waals surface area contributed by atoms with E-state index in [1.807, 2.05) is 0 Å². The Morgan fingerprint density at radius 2 is 1.76 bits per heavy atom. The number of pyridine rings is 1. The topological polar surface area (TPSA) is 59.3 Å². The monoisotopic (exact) mass is 361 g/mol. The van der Waals surface area contributed by atoms with Gasteiger partial charge in [0.15, 0.2) is 0 Å². The van der Waals surface area contributed by atoms with Crippen molar-refractivity contribution in [3.8, 4) is 5.69 Å². The van der Waals surface area contributed by atoms with Gasteiger partial charge in [0.05, 0.1) is 5.56 Å². The first-order valence-electron chi connectivity index (χ1n) is 5.53. The molecule has 0 amide bonds. The molecule has 0 aliphatic rings. The molecule has 0 aliphatic carbocycles. The number of carbonyl (C=O) groups is 1. The number of hydrogen-bond donors (Lipinski definition) is 1. The first-order chi connectivity index (χ1) is 9.70. The van der Waals surface area contributed by atoms with Gasteiger partial charge in [0.1, 0.15) is 5.56 Å². The average molecular weight is 362 g/mol. The second-order valence-corrected chi connectivity index (χ2v) is 5.01. The first kappa shape index (κ1) is 15.3. The van der Waals surface area contributed by atoms with Crippen LogP contribution in [-0.2, 0) is 6.18 Å². The van der Waals surface area contributed by atoms with Crippen molar-refractivity contribution in [2.75, 3.05) is 0 Å². The lowest BCUT2D eigenvalue weighted by atomic mass is 10.2. The van der Waals surface area contributed by atoms with Crippen LogP contribution in [0, 0.1) is 0 Å². The summed E-state index contributed by atoms with van der Waals surface area (Å²) in [6, 6.07) is 4.97. The van der Waals surface area contributed by atoms with E-state index in [4.69, 9.17) is 5.11 Å². The van der Waals surface area contributed by atoms with Gasteiger partial charge in [-0.3, -0.25) is 9.36 Å². The standard InChI is InChI=1S/C13H7BrF3NO3/c14-8-5-10(12(20)21)11(19)18(6-8)9-3-1-7(2-4-9)13(15,16)17/h1-6H,(H,20,21). The van der Waals surface area contributed by atoms with Gasteiger partial charge >= 0.3 is 12.1 Å². The number of alkyl halides is 3. The van der Waals surface area contributed by atoms with Crippen molar-refractivity contribution < 1.29 is 23.1 Å². The Bertz CT molecular complexity index is 751. The molecule has 0 bridgehead atoms. The molecule has 0 spiro atoms. The molecule has 1 heterocycles. The Labute approximate surface area is 124 Å². The van der Waals surface area contributed by atoms with Crippen molar-refractivity contribution in [1.82, 2.24) is 4.57 Å². The van der Waals surface area contributed by atoms with E-state index in [9.17, 15) is 22.8 Å². The van der Waals surface area contributed by atoms with Gasteiger partial charge in [-0.15, -0.1) is 0 Å². The van der Waals surface area contributed by atoms with Gasteiger partial charge in [-0.1, -0.05) is 0 Å². The van der Waals surface area contributed by atoms with Crippen molar-refractivity contribution in [1.29, 1.82) is 0 Å². The van der Waals surface area contributed by atoms with Crippen LogP contribution in [0.5, 0.6) is 0 Å². The van der Waals surface area contributed by atoms with Crippen LogP contribution in [0.1, 0.15) is 15.9 Å². The maximum atomic E-state index is 12.5. The number of aromatic nitrogens is 1. The highest BCUT2D eigenvalue weighted by Crippen LogP contribution is 2.29. The lowest BCUT2D eigenvalue weighted by Crippen LogP contribution is -2.24. The molecule has 2 aromatic rings. The van der Waals surface area contributed by atoms with Gasteiger partial charge in [0.2, 0.25) is 0 Å². The zero-order chi connectivity index (χ0) is 15.8. The van der Waals surface area contributed by atoms with Gasteiger partial charge in [-0.05, 0) is 46.3 Å². The summed E-state index contributed by atoms with van der Waals surface area (Å²) < 4.78 is 38.7. The summed E-state index contributed by atoms with van der Waals surface area (Å²) in [6.07, 6.45) is -3.19. The highest BCUT2D eigenvalue weighted by molar-refractivity contribution is 9.10. The molecule has 4 nitrogen and oxygen atoms in total. The molecule has 0 saturated carbocycles. The normalized spacial score (nSPS) is 11.4. The number of halogens is 4. The molecule has 1 aromatic heterocycles. The van der Waals surface area contributed by atoms with Crippen LogP contribution < -0.4 is 5.56 Å². The van der Waals surface area contributed by atoms with Crippen molar-refractivity contribution >= 4 is 21.9 Å². The average Bonchev–Trinajstić information content (AvgIpc) is 2.40. The summed E-state index contributed by atoms with van der Waals surface area (Å²) in [6.45, 7) is 0. The maximum absolute atomic E-state index is 12.5. The fraction of sp³-hybridized carbons (Fsp3) is 0.0769. The Morgan fingerprint density at radius 3 is 2.24 bits per heavy atom. The number of aromatic carboxylic acids is 1. The molecular weight excluding hydrogens is 355 g/mol. The molecule has 0 fully saturated rings. The molecule has 0 atom stereocenters. The van der Waals surface area contributed by atoms with Crippen LogP contribution in [0.2, 0.25) is 0 Å². The molecule has 1 aromatic carbocycles. The smallest absolute Gasteiger partial charge is 0.416 e. The van der Waals surface area contributed by atoms with Crippen LogP contribution in [0.15, 0.2) is 45.8 Å². The second kappa shape index (κ2) is 5.36. The number of hydrogen-bond acceptors (Lipinski definition) is 2. The summed E-state index contributed by atoms with van der Waals surface area (Å²) in [5.41, 5.74) is -2.03. The lowest BCUT2D eigenvalue weighted by Gasteiger charge is -2.10. The van der Waals surface area contributed by atoms with Crippen molar-refractivity contribution in [2.24, 2.45) is 0 Å². The molecule has 21 heavy (non-hydrogen) atoms. The highest BCUT2D eigenvalue weighted by Gasteiger charge is 2.30. The van der Waals surface area contributed by atoms with Crippen LogP contribution in [0.25, 0.3) is 5.69 Å². The summed E-state index contributed by atoms with van der Waals surface area (Å²) in [4.78, 5) is 22.9. The third kappa shape index (κ3) is 3.15. The molecule has 0 radical (unpaired) electrons. The van der Waals surface area contributed by atoms with E-state index in [2.05, 4.69) is 15.9 Å². The molecule has 0 saturated heterocycles. The van der Waals surface area contributed by atoms with E-state index < -0.39 is 28.8 Å². The van der Waals surface area contributed by atoms with Gasteiger partial charge in [0.25, 0.3) is 5.56 Å². The minimum atomic E-state index is -4.48. The summed E-state index contributed by atoms with van der Waals surface area (Å²) in [7, 11) is 0. The van der Waals surface area contributed by atoms with E-state index >= 15 is 0 Å². The largest absolute Gasteiger partial charge is 0.477 e. The van der Waals surface area contributed by atoms with Gasteiger partial charge in [-0.2, -0.15) is 13.2 Å². The van der Waals surface area contributed by atoms with Crippen LogP contribution >= 0.6 is 15.9 Å². The van der Waals surface area contributed by atoms with Gasteiger partial charge < -0.3 is 5.11 Å². The molecule has 0 aliphatic heterocycles. The second-order valence-electron chi connectivity index (χ2n) is 4.10. The SMILES string of the molecule is O=C(O)c1cc(Br)cn(-c2ccc(C(F)(F)F)cc2)c1=O. The van der Waals surface area contributed by atoms with Crippen molar-refractivity contribution in [3.05, 3.63) is 62.5 Å². The van der Waals surface area contributed by atoms with E-state index in [1.54, 1.807) is 0 Å². The molecule has 0 unspecified atom stereocenters. The summed E-state index contributed by atoms with van der Waals surface area (Å²) in [5.74, 6) is -1.41. The predicted octanol–water partition coefficient (Wildman–Crippen LogP) is 3.32. The third-order valence-electron chi connectivity index (χ3n) is 2.69. The van der Waals surface area contributed by atoms with E-state index in [-0.39, 0.29) is 5.69 Å². The Morgan fingerprint density at radius 1 is 1.19 bits per heavy atom. The number of carboxylic acids is 1. The van der Waals surface area contributed by atoms with E-state index in [0.717, 1.165) is 34.9 Å². The number of carboxylic acid groups (broad SMARTS) is 1. The number of nitrogens with zero attached hydrogens (tertiary/aromatic N) is 1. The molecule has 1 N–H and O–H groups in total. The molecule has 2 rings (SSSR count). The Balaban J connectivity index is 2.57. The summed E-state index contributed by atoms with van der Waals surface area (Å²) in [5, 5.41) is 8.93. The van der Waals surface area contributed by atoms with Crippen LogP contribution in [0.3, 0.4) is 0 Å². The number of rotatable bonds is 2. The minimum absolute atomic E-state index is 0.136. The van der Waals surface area contributed by atoms with E-state index in [1.165, 1.54) is 6.20 Å². The molecule has 110 valence electrons. The fourth-order valence-electron chi connectivity index (χ4n) is 1.70.